The lowest BCUT2D eigenvalue weighted by Crippen LogP contribution is -2.21. The number of amides is 2. The molecule has 0 radical (unpaired) electrons. The lowest BCUT2D eigenvalue weighted by molar-refractivity contribution is -0.143. The van der Waals surface area contributed by atoms with E-state index >= 15 is 0 Å². The van der Waals surface area contributed by atoms with Crippen LogP contribution in [0.5, 0.6) is 0 Å². The number of anilines is 2. The molecular weight excluding hydrogens is 479 g/mol. The Balaban J connectivity index is 1.46. The van der Waals surface area contributed by atoms with E-state index in [2.05, 4.69) is 20.7 Å². The Kier molecular flexibility index (Phi) is 5.69. The van der Waals surface area contributed by atoms with E-state index < -0.39 is 23.3 Å². The fraction of sp³-hybridized carbons (Fsp3) is 0.0833. The molecule has 0 aliphatic carbocycles. The predicted molar refractivity (Wildman–Crippen MR) is 127 cm³/mol. The molecule has 4 aromatic rings. The third-order valence-electron chi connectivity index (χ3n) is 5.24. The maximum Gasteiger partial charge on any atom is 0.434 e. The van der Waals surface area contributed by atoms with Gasteiger partial charge in [0.05, 0.1) is 41.0 Å². The first-order valence-electron chi connectivity index (χ1n) is 10.4. The maximum absolute atomic E-state index is 13.9. The number of aliphatic imine (C=N–C) groups is 1. The van der Waals surface area contributed by atoms with E-state index in [-0.39, 0.29) is 23.7 Å². The quantitative estimate of drug-likeness (QED) is 0.383. The van der Waals surface area contributed by atoms with Gasteiger partial charge >= 0.3 is 6.18 Å². The van der Waals surface area contributed by atoms with Crippen molar-refractivity contribution in [3.63, 3.8) is 0 Å². The summed E-state index contributed by atoms with van der Waals surface area (Å²) in [6, 6.07) is 14.2. The van der Waals surface area contributed by atoms with E-state index in [1.807, 2.05) is 0 Å². The molecule has 0 fully saturated rings. The summed E-state index contributed by atoms with van der Waals surface area (Å²) in [6.45, 7) is 0. The molecule has 0 unspecified atom stereocenters. The van der Waals surface area contributed by atoms with Crippen molar-refractivity contribution < 1.29 is 22.8 Å². The van der Waals surface area contributed by atoms with Crippen molar-refractivity contribution in [2.75, 3.05) is 10.6 Å². The second kappa shape index (κ2) is 8.84. The van der Waals surface area contributed by atoms with Gasteiger partial charge in [0, 0.05) is 16.4 Å². The Hall–Kier alpha value is -4.25. The largest absolute Gasteiger partial charge is 0.434 e. The Morgan fingerprint density at radius 2 is 1.89 bits per heavy atom. The highest BCUT2D eigenvalue weighted by Crippen LogP contribution is 2.35. The van der Waals surface area contributed by atoms with E-state index in [0.29, 0.717) is 27.3 Å². The van der Waals surface area contributed by atoms with Gasteiger partial charge < -0.3 is 10.6 Å². The van der Waals surface area contributed by atoms with Crippen LogP contribution in [0.3, 0.4) is 0 Å². The third-order valence-corrected chi connectivity index (χ3v) is 5.97. The van der Waals surface area contributed by atoms with Crippen LogP contribution < -0.4 is 10.6 Å². The van der Waals surface area contributed by atoms with E-state index in [1.165, 1.54) is 23.5 Å². The van der Waals surface area contributed by atoms with Gasteiger partial charge in [-0.15, -0.1) is 11.3 Å². The van der Waals surface area contributed by atoms with Crippen molar-refractivity contribution in [1.29, 1.82) is 0 Å². The van der Waals surface area contributed by atoms with Crippen molar-refractivity contribution in [3.8, 4) is 5.69 Å². The fourth-order valence-electron chi connectivity index (χ4n) is 3.70. The van der Waals surface area contributed by atoms with Crippen LogP contribution in [0.15, 0.2) is 76.5 Å². The zero-order valence-corrected chi connectivity index (χ0v) is 18.7. The molecule has 2 aromatic carbocycles. The van der Waals surface area contributed by atoms with Crippen LogP contribution in [0.4, 0.5) is 30.2 Å². The summed E-state index contributed by atoms with van der Waals surface area (Å²) in [5, 5.41) is 12.7. The number of alkyl halides is 3. The van der Waals surface area contributed by atoms with Crippen molar-refractivity contribution in [2.24, 2.45) is 4.99 Å². The summed E-state index contributed by atoms with van der Waals surface area (Å²) >= 11 is 1.40. The van der Waals surface area contributed by atoms with Crippen LogP contribution in [0, 0.1) is 0 Å². The number of aromatic nitrogens is 2. The van der Waals surface area contributed by atoms with Gasteiger partial charge in [-0.2, -0.15) is 18.3 Å². The minimum Gasteiger partial charge on any atom is -0.323 e. The van der Waals surface area contributed by atoms with Crippen molar-refractivity contribution in [1.82, 2.24) is 9.78 Å². The number of halogens is 3. The fourth-order valence-corrected chi connectivity index (χ4v) is 4.39. The van der Waals surface area contributed by atoms with Crippen LogP contribution in [-0.4, -0.2) is 27.3 Å². The van der Waals surface area contributed by atoms with Gasteiger partial charge in [0.1, 0.15) is 0 Å². The number of carbonyl (C=O) groups is 2. The SMILES string of the molecule is O=C1CC(c2cccc(NC(=O)c3cnn(-c4ccccc4)c3C(F)(F)F)c2)=Nc2cscc2N1. The van der Waals surface area contributed by atoms with E-state index in [4.69, 9.17) is 0 Å². The molecule has 0 atom stereocenters. The monoisotopic (exact) mass is 495 g/mol. The Labute approximate surface area is 200 Å². The number of carbonyl (C=O) groups excluding carboxylic acids is 2. The molecule has 1 aliphatic heterocycles. The number of benzene rings is 2. The maximum atomic E-state index is 13.9. The summed E-state index contributed by atoms with van der Waals surface area (Å²) in [7, 11) is 0. The van der Waals surface area contributed by atoms with Crippen LogP contribution in [0.2, 0.25) is 0 Å². The number of thiophene rings is 1. The van der Waals surface area contributed by atoms with Gasteiger partial charge in [-0.05, 0) is 29.8 Å². The molecule has 35 heavy (non-hydrogen) atoms. The first kappa shape index (κ1) is 22.5. The summed E-state index contributed by atoms with van der Waals surface area (Å²) in [5.74, 6) is -1.20. The zero-order valence-electron chi connectivity index (χ0n) is 17.8. The molecule has 176 valence electrons. The molecule has 0 saturated carbocycles. The molecule has 0 bridgehead atoms. The highest BCUT2D eigenvalue weighted by molar-refractivity contribution is 7.09. The average Bonchev–Trinajstić information content (AvgIpc) is 3.43. The van der Waals surface area contributed by atoms with Crippen LogP contribution >= 0.6 is 11.3 Å². The molecule has 11 heteroatoms. The van der Waals surface area contributed by atoms with Crippen LogP contribution in [0.1, 0.15) is 28.0 Å². The highest BCUT2D eigenvalue weighted by Gasteiger charge is 2.40. The predicted octanol–water partition coefficient (Wildman–Crippen LogP) is 5.67. The molecule has 2 N–H and O–H groups in total. The lowest BCUT2D eigenvalue weighted by atomic mass is 10.1. The molecule has 5 rings (SSSR count). The van der Waals surface area contributed by atoms with Gasteiger partial charge in [0.2, 0.25) is 5.91 Å². The number of fused-ring (bicyclic) bond motifs is 1. The topological polar surface area (TPSA) is 88.4 Å². The minimum atomic E-state index is -4.82. The molecule has 7 nitrogen and oxygen atoms in total. The highest BCUT2D eigenvalue weighted by atomic mass is 32.1. The van der Waals surface area contributed by atoms with E-state index in [1.54, 1.807) is 53.2 Å². The van der Waals surface area contributed by atoms with Gasteiger partial charge in [-0.3, -0.25) is 9.59 Å². The second-order valence-electron chi connectivity index (χ2n) is 7.64. The normalized spacial score (nSPS) is 13.5. The number of nitrogens with zero attached hydrogens (tertiary/aromatic N) is 3. The van der Waals surface area contributed by atoms with E-state index in [9.17, 15) is 22.8 Å². The summed E-state index contributed by atoms with van der Waals surface area (Å²) in [6.07, 6.45) is -3.91. The Morgan fingerprint density at radius 1 is 1.09 bits per heavy atom. The number of rotatable bonds is 4. The zero-order chi connectivity index (χ0) is 24.6. The minimum absolute atomic E-state index is 0.0127. The van der Waals surface area contributed by atoms with Crippen molar-refractivity contribution in [2.45, 2.75) is 12.6 Å². The van der Waals surface area contributed by atoms with Gasteiger partial charge in [0.25, 0.3) is 5.91 Å². The first-order valence-corrected chi connectivity index (χ1v) is 11.3. The Bertz CT molecular complexity index is 1460. The summed E-state index contributed by atoms with van der Waals surface area (Å²) < 4.78 is 42.4. The van der Waals surface area contributed by atoms with Gasteiger partial charge in [-0.25, -0.2) is 9.67 Å². The molecule has 2 aromatic heterocycles. The number of hydrogen-bond donors (Lipinski definition) is 2. The molecule has 2 amide bonds. The van der Waals surface area contributed by atoms with Crippen LogP contribution in [-0.2, 0) is 11.0 Å². The molecule has 0 saturated heterocycles. The second-order valence-corrected chi connectivity index (χ2v) is 8.38. The van der Waals surface area contributed by atoms with Crippen molar-refractivity contribution >= 4 is 45.9 Å². The molecule has 1 aliphatic rings. The number of hydrogen-bond acceptors (Lipinski definition) is 5. The smallest absolute Gasteiger partial charge is 0.323 e. The average molecular weight is 495 g/mol. The number of para-hydroxylation sites is 1. The standard InChI is InChI=1S/C24H16F3N5O2S/c25-24(26,27)22-17(11-28-32(22)16-7-2-1-3-8-16)23(34)29-15-6-4-5-14(9-15)18-10-21(33)31-20-13-35-12-19(20)30-18/h1-9,11-13H,10H2,(H,29,34)(H,31,33). The Morgan fingerprint density at radius 3 is 2.66 bits per heavy atom. The van der Waals surface area contributed by atoms with Crippen LogP contribution in [0.25, 0.3) is 5.69 Å². The molecule has 0 spiro atoms. The lowest BCUT2D eigenvalue weighted by Gasteiger charge is -2.13. The molecular formula is C24H16F3N5O2S. The first-order chi connectivity index (χ1) is 16.8. The third kappa shape index (κ3) is 4.58. The summed E-state index contributed by atoms with van der Waals surface area (Å²) in [5.41, 5.74) is 0.928. The summed E-state index contributed by atoms with van der Waals surface area (Å²) in [4.78, 5) is 29.7. The van der Waals surface area contributed by atoms with Crippen molar-refractivity contribution in [3.05, 3.63) is 88.4 Å². The van der Waals surface area contributed by atoms with E-state index in [0.717, 1.165) is 6.20 Å². The van der Waals surface area contributed by atoms with Gasteiger partial charge in [-0.1, -0.05) is 30.3 Å². The molecule has 3 heterocycles. The van der Waals surface area contributed by atoms with Gasteiger partial charge in [0.15, 0.2) is 5.69 Å². The number of nitrogens with one attached hydrogen (secondary N) is 2.